The first-order valence-electron chi connectivity index (χ1n) is 20.7. The van der Waals surface area contributed by atoms with Gasteiger partial charge in [0.25, 0.3) is 0 Å². The van der Waals surface area contributed by atoms with Gasteiger partial charge >= 0.3 is 11.9 Å². The standard InChI is InChI=1S/C43H77NO7/c1-4-7-10-13-20-28-39-50-43(51-40-29-21-14-11-8-5-2)32-31-42(47)49-38-27-22-18-25-34-44(35-36-45)33-24-17-15-16-23-30-41(46)48-37-26-19-12-9-6-3/h7-8,10-11,43,45H,4-6,9,13-18,20-40H2,1-3H3/b10-7-,11-8-. The summed E-state index contributed by atoms with van der Waals surface area (Å²) in [6.45, 7) is 11.4. The number of carbonyl (C=O) groups excluding carboxylic acids is 2. The lowest BCUT2D eigenvalue weighted by molar-refractivity contribution is -0.159. The topological polar surface area (TPSA) is 94.5 Å². The molecule has 8 nitrogen and oxygen atoms in total. The van der Waals surface area contributed by atoms with Crippen molar-refractivity contribution in [3.05, 3.63) is 24.3 Å². The van der Waals surface area contributed by atoms with Crippen LogP contribution in [-0.2, 0) is 28.5 Å². The zero-order valence-corrected chi connectivity index (χ0v) is 33.2. The molecule has 296 valence electrons. The van der Waals surface area contributed by atoms with Crippen molar-refractivity contribution in [1.82, 2.24) is 4.90 Å². The highest BCUT2D eigenvalue weighted by atomic mass is 16.7. The van der Waals surface area contributed by atoms with E-state index in [9.17, 15) is 14.7 Å². The Bertz CT molecular complexity index is 871. The number of unbranched alkanes of at least 4 members (excludes halogenated alkanes) is 12. The minimum atomic E-state index is -0.363. The van der Waals surface area contributed by atoms with Gasteiger partial charge in [-0.25, -0.2) is 0 Å². The second-order valence-electron chi connectivity index (χ2n) is 13.3. The van der Waals surface area contributed by atoms with Gasteiger partial charge in [0.1, 0.15) is 6.61 Å². The van der Waals surface area contributed by atoms with Crippen molar-refractivity contribution in [1.29, 1.82) is 0 Å². The largest absolute Gasteiger partial charge is 0.466 e. The number of esters is 2. The first-order valence-corrected chi connectivity index (χ1v) is 20.7. The van der Waals surface area contributed by atoms with E-state index in [-0.39, 0.29) is 24.8 Å². The van der Waals surface area contributed by atoms with Crippen LogP contribution in [0.2, 0.25) is 0 Å². The summed E-state index contributed by atoms with van der Waals surface area (Å²) in [5.74, 6) is 5.80. The Labute approximate surface area is 313 Å². The molecular weight excluding hydrogens is 642 g/mol. The highest BCUT2D eigenvalue weighted by molar-refractivity contribution is 5.69. The minimum Gasteiger partial charge on any atom is -0.466 e. The first kappa shape index (κ1) is 48.8. The van der Waals surface area contributed by atoms with Crippen LogP contribution in [0.3, 0.4) is 0 Å². The summed E-state index contributed by atoms with van der Waals surface area (Å²) < 4.78 is 22.8. The maximum Gasteiger partial charge on any atom is 0.305 e. The third kappa shape index (κ3) is 37.4. The zero-order valence-electron chi connectivity index (χ0n) is 33.2. The lowest BCUT2D eigenvalue weighted by Crippen LogP contribution is -2.29. The van der Waals surface area contributed by atoms with Gasteiger partial charge < -0.3 is 29.0 Å². The van der Waals surface area contributed by atoms with Gasteiger partial charge in [-0.1, -0.05) is 83.1 Å². The molecule has 0 aromatic carbocycles. The molecule has 0 aliphatic rings. The summed E-state index contributed by atoms with van der Waals surface area (Å²) in [6.07, 6.45) is 30.1. The van der Waals surface area contributed by atoms with Crippen LogP contribution in [0.4, 0.5) is 0 Å². The summed E-state index contributed by atoms with van der Waals surface area (Å²) in [7, 11) is 0. The molecule has 51 heavy (non-hydrogen) atoms. The number of nitrogens with zero attached hydrogens (tertiary/aromatic N) is 1. The Kier molecular flexibility index (Phi) is 38.9. The summed E-state index contributed by atoms with van der Waals surface area (Å²) in [5, 5.41) is 9.50. The zero-order chi connectivity index (χ0) is 37.3. The molecule has 0 rings (SSSR count). The monoisotopic (exact) mass is 720 g/mol. The molecule has 0 aliphatic heterocycles. The van der Waals surface area contributed by atoms with Crippen molar-refractivity contribution in [3.8, 4) is 11.8 Å². The smallest absolute Gasteiger partial charge is 0.305 e. The number of carbonyl (C=O) groups is 2. The Morgan fingerprint density at radius 3 is 1.73 bits per heavy atom. The second-order valence-corrected chi connectivity index (χ2v) is 13.3. The van der Waals surface area contributed by atoms with Gasteiger partial charge in [-0.3, -0.25) is 9.59 Å². The van der Waals surface area contributed by atoms with Gasteiger partial charge in [-0.15, -0.1) is 5.92 Å². The quantitative estimate of drug-likeness (QED) is 0.0223. The van der Waals surface area contributed by atoms with E-state index in [4.69, 9.17) is 18.9 Å². The van der Waals surface area contributed by atoms with Crippen molar-refractivity contribution < 1.29 is 33.6 Å². The molecule has 0 unspecified atom stereocenters. The fourth-order valence-corrected chi connectivity index (χ4v) is 5.43. The van der Waals surface area contributed by atoms with Crippen molar-refractivity contribution in [3.63, 3.8) is 0 Å². The average molecular weight is 720 g/mol. The maximum atomic E-state index is 12.4. The van der Waals surface area contributed by atoms with E-state index >= 15 is 0 Å². The molecule has 0 bridgehead atoms. The summed E-state index contributed by atoms with van der Waals surface area (Å²) >= 11 is 0. The van der Waals surface area contributed by atoms with Crippen LogP contribution < -0.4 is 0 Å². The molecule has 0 aromatic heterocycles. The van der Waals surface area contributed by atoms with E-state index in [0.717, 1.165) is 135 Å². The Balaban J connectivity index is 4.04. The van der Waals surface area contributed by atoms with Crippen molar-refractivity contribution >= 4 is 11.9 Å². The molecule has 0 saturated carbocycles. The first-order chi connectivity index (χ1) is 25.1. The van der Waals surface area contributed by atoms with E-state index in [1.54, 1.807) is 0 Å². The SMILES string of the molecule is CC/C=C\CCCCOC(CCC(=O)OCCCCCCN(CCO)CCCCCCCC(=O)OCCC#CCCC)OCCCC/C=C\CC. The predicted molar refractivity (Wildman–Crippen MR) is 210 cm³/mol. The molecule has 0 spiro atoms. The van der Waals surface area contributed by atoms with Gasteiger partial charge in [0, 0.05) is 45.4 Å². The number of aliphatic hydroxyl groups is 1. The Hall–Kier alpha value is -2.18. The molecule has 0 radical (unpaired) electrons. The highest BCUT2D eigenvalue weighted by Gasteiger charge is 2.13. The maximum absolute atomic E-state index is 12.4. The number of hydrogen-bond acceptors (Lipinski definition) is 8. The van der Waals surface area contributed by atoms with E-state index in [2.05, 4.69) is 61.8 Å². The fraction of sp³-hybridized carbons (Fsp3) is 0.814. The Morgan fingerprint density at radius 2 is 1.12 bits per heavy atom. The fourth-order valence-electron chi connectivity index (χ4n) is 5.43. The molecule has 0 aliphatic carbocycles. The number of rotatable bonds is 37. The van der Waals surface area contributed by atoms with Gasteiger partial charge in [0.05, 0.1) is 19.6 Å². The molecule has 0 atom stereocenters. The minimum absolute atomic E-state index is 0.117. The molecule has 0 amide bonds. The molecule has 8 heteroatoms. The Morgan fingerprint density at radius 1 is 0.588 bits per heavy atom. The average Bonchev–Trinajstić information content (AvgIpc) is 3.13. The van der Waals surface area contributed by atoms with Crippen LogP contribution in [0.1, 0.15) is 168 Å². The van der Waals surface area contributed by atoms with Crippen molar-refractivity contribution in [2.75, 3.05) is 52.7 Å². The van der Waals surface area contributed by atoms with Crippen molar-refractivity contribution in [2.24, 2.45) is 0 Å². The van der Waals surface area contributed by atoms with Gasteiger partial charge in [0.15, 0.2) is 6.29 Å². The van der Waals surface area contributed by atoms with E-state index in [1.165, 1.54) is 0 Å². The summed E-state index contributed by atoms with van der Waals surface area (Å²) in [6, 6.07) is 0. The second kappa shape index (κ2) is 40.6. The molecule has 0 aromatic rings. The van der Waals surface area contributed by atoms with Crippen LogP contribution in [0.25, 0.3) is 0 Å². The summed E-state index contributed by atoms with van der Waals surface area (Å²) in [4.78, 5) is 26.6. The van der Waals surface area contributed by atoms with Crippen LogP contribution in [-0.4, -0.2) is 80.9 Å². The molecule has 0 fully saturated rings. The van der Waals surface area contributed by atoms with Crippen molar-refractivity contribution in [2.45, 2.75) is 175 Å². The third-order valence-corrected chi connectivity index (χ3v) is 8.42. The lowest BCUT2D eigenvalue weighted by Gasteiger charge is -2.21. The third-order valence-electron chi connectivity index (χ3n) is 8.42. The van der Waals surface area contributed by atoms with Crippen LogP contribution in [0.15, 0.2) is 24.3 Å². The number of ether oxygens (including phenoxy) is 4. The van der Waals surface area contributed by atoms with Gasteiger partial charge in [-0.05, 0) is 96.6 Å². The van der Waals surface area contributed by atoms with Crippen LogP contribution in [0, 0.1) is 11.8 Å². The van der Waals surface area contributed by atoms with E-state index < -0.39 is 0 Å². The normalized spacial score (nSPS) is 11.6. The highest BCUT2D eigenvalue weighted by Crippen LogP contribution is 2.12. The number of allylic oxidation sites excluding steroid dienone is 4. The molecule has 0 saturated heterocycles. The predicted octanol–water partition coefficient (Wildman–Crippen LogP) is 9.87. The molecule has 0 heterocycles. The lowest BCUT2D eigenvalue weighted by atomic mass is 10.1. The van der Waals surface area contributed by atoms with Gasteiger partial charge in [0.2, 0.25) is 0 Å². The number of hydrogen-bond donors (Lipinski definition) is 1. The van der Waals surface area contributed by atoms with E-state index in [1.807, 2.05) is 0 Å². The molecule has 1 N–H and O–H groups in total. The molecular formula is C43H77NO7. The van der Waals surface area contributed by atoms with Crippen LogP contribution in [0.5, 0.6) is 0 Å². The van der Waals surface area contributed by atoms with Crippen LogP contribution >= 0.6 is 0 Å². The summed E-state index contributed by atoms with van der Waals surface area (Å²) in [5.41, 5.74) is 0. The van der Waals surface area contributed by atoms with Gasteiger partial charge in [-0.2, -0.15) is 0 Å². The van der Waals surface area contributed by atoms with E-state index in [0.29, 0.717) is 58.7 Å². The number of aliphatic hydroxyl groups excluding tert-OH is 1.